The SMILES string of the molecule is CNC(=O)C(C)c1ccc(C(=O)CSc2nc(C)nc3c2cnn3C)s1. The lowest BCUT2D eigenvalue weighted by Crippen LogP contribution is -2.23. The van der Waals surface area contributed by atoms with E-state index in [-0.39, 0.29) is 23.4 Å². The molecule has 7 nitrogen and oxygen atoms in total. The second-order valence-electron chi connectivity index (χ2n) is 5.83. The molecule has 3 rings (SSSR count). The fourth-order valence-corrected chi connectivity index (χ4v) is 4.50. The highest BCUT2D eigenvalue weighted by molar-refractivity contribution is 8.00. The Labute approximate surface area is 159 Å². The number of rotatable bonds is 6. The minimum absolute atomic E-state index is 0.0173. The molecule has 1 atom stereocenters. The van der Waals surface area contributed by atoms with Crippen molar-refractivity contribution < 1.29 is 9.59 Å². The van der Waals surface area contributed by atoms with Crippen molar-refractivity contribution in [1.29, 1.82) is 0 Å². The van der Waals surface area contributed by atoms with Crippen LogP contribution < -0.4 is 5.32 Å². The van der Waals surface area contributed by atoms with Gasteiger partial charge in [0.25, 0.3) is 0 Å². The summed E-state index contributed by atoms with van der Waals surface area (Å²) in [6.45, 7) is 3.65. The van der Waals surface area contributed by atoms with Gasteiger partial charge in [0.2, 0.25) is 5.91 Å². The number of amides is 1. The summed E-state index contributed by atoms with van der Waals surface area (Å²) in [5, 5.41) is 8.44. The maximum absolute atomic E-state index is 12.5. The van der Waals surface area contributed by atoms with Crippen LogP contribution in [0.1, 0.15) is 33.2 Å². The summed E-state index contributed by atoms with van der Waals surface area (Å²) < 4.78 is 1.70. The predicted octanol–water partition coefficient (Wildman–Crippen LogP) is 2.56. The third-order valence-electron chi connectivity index (χ3n) is 3.98. The number of nitrogens with zero attached hydrogens (tertiary/aromatic N) is 4. The summed E-state index contributed by atoms with van der Waals surface area (Å²) in [6.07, 6.45) is 1.72. The fourth-order valence-electron chi connectivity index (χ4n) is 2.50. The van der Waals surface area contributed by atoms with E-state index in [0.717, 1.165) is 20.9 Å². The van der Waals surface area contributed by atoms with Crippen LogP contribution in [-0.2, 0) is 11.8 Å². The van der Waals surface area contributed by atoms with Crippen LogP contribution in [0.2, 0.25) is 0 Å². The molecular weight excluding hydrogens is 370 g/mol. The molecule has 3 aromatic rings. The average Bonchev–Trinajstić information content (AvgIpc) is 3.26. The summed E-state index contributed by atoms with van der Waals surface area (Å²) in [4.78, 5) is 34.6. The number of Topliss-reactive ketones (excluding diaryl/α,β-unsaturated/α-hetero) is 1. The molecule has 0 saturated carbocycles. The number of aromatic nitrogens is 4. The van der Waals surface area contributed by atoms with Crippen molar-refractivity contribution in [2.75, 3.05) is 12.8 Å². The number of ketones is 1. The van der Waals surface area contributed by atoms with Gasteiger partial charge in [-0.2, -0.15) is 5.10 Å². The second kappa shape index (κ2) is 7.55. The quantitative estimate of drug-likeness (QED) is 0.396. The summed E-state index contributed by atoms with van der Waals surface area (Å²) >= 11 is 2.75. The first kappa shape index (κ1) is 18.5. The van der Waals surface area contributed by atoms with E-state index in [1.54, 1.807) is 24.0 Å². The van der Waals surface area contributed by atoms with Crippen molar-refractivity contribution in [3.63, 3.8) is 0 Å². The largest absolute Gasteiger partial charge is 0.359 e. The van der Waals surface area contributed by atoms with Gasteiger partial charge < -0.3 is 5.32 Å². The molecule has 0 bridgehead atoms. The smallest absolute Gasteiger partial charge is 0.227 e. The molecule has 26 heavy (non-hydrogen) atoms. The molecule has 0 radical (unpaired) electrons. The predicted molar refractivity (Wildman–Crippen MR) is 103 cm³/mol. The van der Waals surface area contributed by atoms with Crippen LogP contribution in [0.3, 0.4) is 0 Å². The van der Waals surface area contributed by atoms with Gasteiger partial charge in [0, 0.05) is 19.0 Å². The standard InChI is InChI=1S/C17H19N5O2S2/c1-9(16(24)18-3)13-5-6-14(26-13)12(23)8-25-17-11-7-19-22(4)15(11)20-10(2)21-17/h5-7,9H,8H2,1-4H3,(H,18,24). The Kier molecular flexibility index (Phi) is 5.38. The minimum Gasteiger partial charge on any atom is -0.359 e. The van der Waals surface area contributed by atoms with Crippen molar-refractivity contribution in [3.8, 4) is 0 Å². The maximum Gasteiger partial charge on any atom is 0.227 e. The average molecular weight is 390 g/mol. The van der Waals surface area contributed by atoms with Gasteiger partial charge >= 0.3 is 0 Å². The zero-order valence-electron chi connectivity index (χ0n) is 14.9. The lowest BCUT2D eigenvalue weighted by Gasteiger charge is -2.06. The molecule has 1 amide bonds. The second-order valence-corrected chi connectivity index (χ2v) is 7.91. The molecule has 0 spiro atoms. The van der Waals surface area contributed by atoms with E-state index < -0.39 is 0 Å². The van der Waals surface area contributed by atoms with Gasteiger partial charge in [-0.1, -0.05) is 11.8 Å². The molecule has 0 aliphatic heterocycles. The van der Waals surface area contributed by atoms with Crippen LogP contribution in [0.15, 0.2) is 23.4 Å². The van der Waals surface area contributed by atoms with E-state index in [0.29, 0.717) is 10.7 Å². The van der Waals surface area contributed by atoms with Crippen molar-refractivity contribution in [2.45, 2.75) is 24.8 Å². The van der Waals surface area contributed by atoms with E-state index in [1.165, 1.54) is 23.1 Å². The summed E-state index contributed by atoms with van der Waals surface area (Å²) in [5.41, 5.74) is 0.755. The Hall–Kier alpha value is -2.26. The van der Waals surface area contributed by atoms with Gasteiger partial charge in [0.05, 0.1) is 28.1 Å². The highest BCUT2D eigenvalue weighted by Crippen LogP contribution is 2.29. The van der Waals surface area contributed by atoms with Gasteiger partial charge in [-0.3, -0.25) is 14.3 Å². The molecule has 0 fully saturated rings. The number of thiophene rings is 1. The normalized spacial score (nSPS) is 12.3. The molecule has 1 N–H and O–H groups in total. The highest BCUT2D eigenvalue weighted by atomic mass is 32.2. The van der Waals surface area contributed by atoms with Crippen LogP contribution in [0.25, 0.3) is 11.0 Å². The molecular formula is C17H19N5O2S2. The Morgan fingerprint density at radius 1 is 1.35 bits per heavy atom. The van der Waals surface area contributed by atoms with Crippen LogP contribution in [-0.4, -0.2) is 44.2 Å². The van der Waals surface area contributed by atoms with Crippen LogP contribution >= 0.6 is 23.1 Å². The number of fused-ring (bicyclic) bond motifs is 1. The maximum atomic E-state index is 12.5. The molecule has 3 aromatic heterocycles. The van der Waals surface area contributed by atoms with Gasteiger partial charge in [0.15, 0.2) is 11.4 Å². The monoisotopic (exact) mass is 389 g/mol. The molecule has 0 aliphatic carbocycles. The highest BCUT2D eigenvalue weighted by Gasteiger charge is 2.19. The van der Waals surface area contributed by atoms with Crippen LogP contribution in [0.5, 0.6) is 0 Å². The molecule has 1 unspecified atom stereocenters. The lowest BCUT2D eigenvalue weighted by atomic mass is 10.1. The molecule has 9 heteroatoms. The number of hydrogen-bond donors (Lipinski definition) is 1. The molecule has 0 saturated heterocycles. The van der Waals surface area contributed by atoms with E-state index >= 15 is 0 Å². The number of thioether (sulfide) groups is 1. The summed E-state index contributed by atoms with van der Waals surface area (Å²) in [6, 6.07) is 3.63. The molecule has 0 aromatic carbocycles. The van der Waals surface area contributed by atoms with Crippen molar-refractivity contribution in [2.24, 2.45) is 7.05 Å². The van der Waals surface area contributed by atoms with Crippen molar-refractivity contribution in [3.05, 3.63) is 33.9 Å². The van der Waals surface area contributed by atoms with E-state index in [9.17, 15) is 9.59 Å². The zero-order valence-corrected chi connectivity index (χ0v) is 16.6. The van der Waals surface area contributed by atoms with Crippen LogP contribution in [0, 0.1) is 6.92 Å². The summed E-state index contributed by atoms with van der Waals surface area (Å²) in [7, 11) is 3.44. The van der Waals surface area contributed by atoms with Crippen molar-refractivity contribution in [1.82, 2.24) is 25.1 Å². The topological polar surface area (TPSA) is 89.8 Å². The Morgan fingerprint density at radius 3 is 2.85 bits per heavy atom. The number of aryl methyl sites for hydroxylation is 2. The zero-order chi connectivity index (χ0) is 18.8. The van der Waals surface area contributed by atoms with E-state index in [4.69, 9.17) is 0 Å². The minimum atomic E-state index is -0.265. The molecule has 0 aliphatic rings. The summed E-state index contributed by atoms with van der Waals surface area (Å²) in [5.74, 6) is 0.612. The van der Waals surface area contributed by atoms with Gasteiger partial charge in [-0.05, 0) is 26.0 Å². The van der Waals surface area contributed by atoms with Crippen molar-refractivity contribution >= 4 is 45.8 Å². The first-order valence-corrected chi connectivity index (χ1v) is 9.84. The van der Waals surface area contributed by atoms with E-state index in [1.807, 2.05) is 27.0 Å². The van der Waals surface area contributed by atoms with E-state index in [2.05, 4.69) is 20.4 Å². The Bertz CT molecular complexity index is 979. The number of hydrogen-bond acceptors (Lipinski definition) is 7. The Balaban J connectivity index is 1.74. The van der Waals surface area contributed by atoms with Gasteiger partial charge in [0.1, 0.15) is 10.9 Å². The number of likely N-dealkylation sites (N-methyl/N-ethyl adjacent to an activating group) is 1. The first-order chi connectivity index (χ1) is 12.4. The third kappa shape index (κ3) is 3.63. The number of carbonyl (C=O) groups excluding carboxylic acids is 2. The number of carbonyl (C=O) groups is 2. The Morgan fingerprint density at radius 2 is 2.12 bits per heavy atom. The van der Waals surface area contributed by atoms with Gasteiger partial charge in [-0.25, -0.2) is 9.97 Å². The molecule has 3 heterocycles. The van der Waals surface area contributed by atoms with Gasteiger partial charge in [-0.15, -0.1) is 11.3 Å². The van der Waals surface area contributed by atoms with Crippen LogP contribution in [0.4, 0.5) is 0 Å². The lowest BCUT2D eigenvalue weighted by molar-refractivity contribution is -0.121. The molecule has 136 valence electrons. The third-order valence-corrected chi connectivity index (χ3v) is 6.28. The fraction of sp³-hybridized carbons (Fsp3) is 0.353. The first-order valence-electron chi connectivity index (χ1n) is 8.04. The number of nitrogens with one attached hydrogen (secondary N) is 1.